The number of hydrogen-bond donors (Lipinski definition) is 1. The van der Waals surface area contributed by atoms with Crippen LogP contribution in [-0.4, -0.2) is 13.1 Å². The number of halogens is 1. The maximum absolute atomic E-state index is 11.7. The van der Waals surface area contributed by atoms with Crippen LogP contribution in [-0.2, 0) is 4.74 Å². The van der Waals surface area contributed by atoms with Crippen LogP contribution in [0.15, 0.2) is 34.8 Å². The van der Waals surface area contributed by atoms with Crippen LogP contribution in [0.2, 0.25) is 0 Å². The summed E-state index contributed by atoms with van der Waals surface area (Å²) >= 11 is 3.44. The monoisotopic (exact) mass is 349 g/mol. The van der Waals surface area contributed by atoms with E-state index in [1.807, 2.05) is 32.0 Å². The number of anilines is 1. The lowest BCUT2D eigenvalue weighted by molar-refractivity contribution is 0.0601. The summed E-state index contributed by atoms with van der Waals surface area (Å²) in [5.74, 6) is 0.757. The van der Waals surface area contributed by atoms with Gasteiger partial charge >= 0.3 is 5.97 Å². The number of carbonyl (C=O) groups excluding carboxylic acids is 1. The number of esters is 1. The molecular weight excluding hydrogens is 334 g/mol. The summed E-state index contributed by atoms with van der Waals surface area (Å²) < 4.78 is 11.5. The topological polar surface area (TPSA) is 61.5 Å². The van der Waals surface area contributed by atoms with Gasteiger partial charge in [0.2, 0.25) is 0 Å². The molecule has 0 radical (unpaired) electrons. The number of aryl methyl sites for hydroxylation is 2. The van der Waals surface area contributed by atoms with Crippen LogP contribution in [0.5, 0.6) is 11.5 Å². The molecule has 2 rings (SSSR count). The zero-order chi connectivity index (χ0) is 15.6. The predicted molar refractivity (Wildman–Crippen MR) is 85.9 cm³/mol. The van der Waals surface area contributed by atoms with Crippen LogP contribution >= 0.6 is 15.9 Å². The van der Waals surface area contributed by atoms with Gasteiger partial charge in [-0.1, -0.05) is 15.9 Å². The molecule has 5 heteroatoms. The number of carbonyl (C=O) groups is 1. The summed E-state index contributed by atoms with van der Waals surface area (Å²) in [6, 6.07) is 9.05. The van der Waals surface area contributed by atoms with Crippen molar-refractivity contribution >= 4 is 27.6 Å². The molecule has 0 amide bonds. The van der Waals surface area contributed by atoms with E-state index < -0.39 is 5.97 Å². The van der Waals surface area contributed by atoms with Crippen molar-refractivity contribution in [2.75, 3.05) is 12.8 Å². The summed E-state index contributed by atoms with van der Waals surface area (Å²) in [5, 5.41) is 0. The first-order valence-electron chi connectivity index (χ1n) is 6.35. The Kier molecular flexibility index (Phi) is 4.53. The third-order valence-corrected chi connectivity index (χ3v) is 4.02. The van der Waals surface area contributed by atoms with Gasteiger partial charge in [-0.15, -0.1) is 0 Å². The van der Waals surface area contributed by atoms with Gasteiger partial charge < -0.3 is 15.2 Å². The second-order valence-corrected chi connectivity index (χ2v) is 5.56. The van der Waals surface area contributed by atoms with Crippen LogP contribution < -0.4 is 10.5 Å². The molecule has 0 aliphatic heterocycles. The zero-order valence-electron chi connectivity index (χ0n) is 12.1. The van der Waals surface area contributed by atoms with E-state index in [-0.39, 0.29) is 0 Å². The van der Waals surface area contributed by atoms with Crippen molar-refractivity contribution in [3.8, 4) is 11.5 Å². The number of rotatable bonds is 3. The number of methoxy groups -OCH3 is 1. The van der Waals surface area contributed by atoms with Crippen molar-refractivity contribution in [1.82, 2.24) is 0 Å². The molecule has 4 nitrogen and oxygen atoms in total. The van der Waals surface area contributed by atoms with Gasteiger partial charge in [0.15, 0.2) is 0 Å². The largest absolute Gasteiger partial charge is 0.465 e. The van der Waals surface area contributed by atoms with Crippen molar-refractivity contribution in [2.24, 2.45) is 0 Å². The second kappa shape index (κ2) is 6.18. The van der Waals surface area contributed by atoms with Gasteiger partial charge in [0.1, 0.15) is 11.5 Å². The van der Waals surface area contributed by atoms with Crippen molar-refractivity contribution in [2.45, 2.75) is 13.8 Å². The van der Waals surface area contributed by atoms with Crippen LogP contribution in [0.4, 0.5) is 5.69 Å². The Morgan fingerprint density at radius 1 is 1.10 bits per heavy atom. The smallest absolute Gasteiger partial charge is 0.340 e. The lowest BCUT2D eigenvalue weighted by Gasteiger charge is -2.12. The number of ether oxygens (including phenoxy) is 2. The van der Waals surface area contributed by atoms with Gasteiger partial charge in [-0.25, -0.2) is 4.79 Å². The predicted octanol–water partition coefficient (Wildman–Crippen LogP) is 4.23. The maximum atomic E-state index is 11.7. The molecular formula is C16H16BrNO3. The molecule has 0 aliphatic carbocycles. The van der Waals surface area contributed by atoms with E-state index >= 15 is 0 Å². The fourth-order valence-corrected chi connectivity index (χ4v) is 2.17. The highest BCUT2D eigenvalue weighted by Crippen LogP contribution is 2.30. The molecule has 2 N–H and O–H groups in total. The van der Waals surface area contributed by atoms with E-state index in [1.165, 1.54) is 7.11 Å². The summed E-state index contributed by atoms with van der Waals surface area (Å²) in [7, 11) is 1.32. The van der Waals surface area contributed by atoms with Crippen molar-refractivity contribution < 1.29 is 14.3 Å². The molecule has 0 saturated carbocycles. The molecule has 0 fully saturated rings. The van der Waals surface area contributed by atoms with Crippen LogP contribution in [0.3, 0.4) is 0 Å². The normalized spacial score (nSPS) is 10.3. The second-order valence-electron chi connectivity index (χ2n) is 4.71. The van der Waals surface area contributed by atoms with E-state index in [0.29, 0.717) is 22.7 Å². The van der Waals surface area contributed by atoms with E-state index in [9.17, 15) is 4.79 Å². The summed E-state index contributed by atoms with van der Waals surface area (Å²) in [6.45, 7) is 3.80. The Hall–Kier alpha value is -2.01. The van der Waals surface area contributed by atoms with Gasteiger partial charge in [-0.3, -0.25) is 0 Å². The molecule has 2 aromatic rings. The van der Waals surface area contributed by atoms with Crippen molar-refractivity contribution in [1.29, 1.82) is 0 Å². The van der Waals surface area contributed by atoms with Gasteiger partial charge in [0, 0.05) is 10.2 Å². The Morgan fingerprint density at radius 2 is 1.76 bits per heavy atom. The molecule has 0 spiro atoms. The lowest BCUT2D eigenvalue weighted by Crippen LogP contribution is -2.07. The maximum Gasteiger partial charge on any atom is 0.340 e. The average Bonchev–Trinajstić information content (AvgIpc) is 2.45. The first kappa shape index (κ1) is 15.4. The number of nitrogen functional groups attached to an aromatic ring is 1. The molecule has 0 bridgehead atoms. The Morgan fingerprint density at radius 3 is 2.38 bits per heavy atom. The molecule has 21 heavy (non-hydrogen) atoms. The lowest BCUT2D eigenvalue weighted by atomic mass is 10.1. The molecule has 0 unspecified atom stereocenters. The highest BCUT2D eigenvalue weighted by atomic mass is 79.9. The van der Waals surface area contributed by atoms with Gasteiger partial charge in [-0.2, -0.15) is 0 Å². The average molecular weight is 350 g/mol. The van der Waals surface area contributed by atoms with E-state index in [0.717, 1.165) is 15.6 Å². The minimum absolute atomic E-state index is 0.307. The molecule has 0 heterocycles. The molecule has 0 aliphatic rings. The minimum atomic E-state index is -0.479. The Labute approximate surface area is 132 Å². The molecule has 0 saturated heterocycles. The molecule has 2 aromatic carbocycles. The highest BCUT2D eigenvalue weighted by molar-refractivity contribution is 9.10. The molecule has 110 valence electrons. The standard InChI is InChI=1S/C16H16BrNO3/c1-9-6-11(4-5-14(9)17)21-12-7-10(2)15(18)13(8-12)16(19)20-3/h4-8H,18H2,1-3H3. The number of hydrogen-bond acceptors (Lipinski definition) is 4. The Bertz CT molecular complexity index is 698. The van der Waals surface area contributed by atoms with Crippen LogP contribution in [0.25, 0.3) is 0 Å². The summed E-state index contributed by atoms with van der Waals surface area (Å²) in [6.07, 6.45) is 0. The third kappa shape index (κ3) is 3.36. The van der Waals surface area contributed by atoms with E-state index in [1.54, 1.807) is 12.1 Å². The van der Waals surface area contributed by atoms with Gasteiger partial charge in [0.05, 0.1) is 12.7 Å². The first-order valence-corrected chi connectivity index (χ1v) is 7.14. The summed E-state index contributed by atoms with van der Waals surface area (Å²) in [5.41, 5.74) is 8.44. The fraction of sp³-hybridized carbons (Fsp3) is 0.188. The van der Waals surface area contributed by atoms with E-state index in [4.69, 9.17) is 15.2 Å². The number of nitrogens with two attached hydrogens (primary N) is 1. The third-order valence-electron chi connectivity index (χ3n) is 3.13. The first-order chi connectivity index (χ1) is 9.92. The van der Waals surface area contributed by atoms with E-state index in [2.05, 4.69) is 15.9 Å². The van der Waals surface area contributed by atoms with Gasteiger partial charge in [-0.05, 0) is 55.3 Å². The minimum Gasteiger partial charge on any atom is -0.465 e. The Balaban J connectivity index is 2.38. The van der Waals surface area contributed by atoms with Crippen molar-refractivity contribution in [3.05, 3.63) is 51.5 Å². The molecule has 0 aromatic heterocycles. The quantitative estimate of drug-likeness (QED) is 0.665. The SMILES string of the molecule is COC(=O)c1cc(Oc2ccc(Br)c(C)c2)cc(C)c1N. The summed E-state index contributed by atoms with van der Waals surface area (Å²) in [4.78, 5) is 11.7. The van der Waals surface area contributed by atoms with Gasteiger partial charge in [0.25, 0.3) is 0 Å². The highest BCUT2D eigenvalue weighted by Gasteiger charge is 2.14. The van der Waals surface area contributed by atoms with Crippen molar-refractivity contribution in [3.63, 3.8) is 0 Å². The molecule has 0 atom stereocenters. The fourth-order valence-electron chi connectivity index (χ4n) is 1.92. The zero-order valence-corrected chi connectivity index (χ0v) is 13.7. The number of benzene rings is 2. The van der Waals surface area contributed by atoms with Crippen LogP contribution in [0.1, 0.15) is 21.5 Å². The van der Waals surface area contributed by atoms with Crippen LogP contribution in [0, 0.1) is 13.8 Å².